The topological polar surface area (TPSA) is 0 Å². The van der Waals surface area contributed by atoms with Crippen molar-refractivity contribution in [1.29, 1.82) is 0 Å². The van der Waals surface area contributed by atoms with E-state index < -0.39 is 16.6 Å². The molecular weight excluding hydrogens is 508 g/mol. The van der Waals surface area contributed by atoms with Gasteiger partial charge in [-0.3, -0.25) is 0 Å². The van der Waals surface area contributed by atoms with E-state index in [0.29, 0.717) is 8.76 Å². The number of rotatable bonds is 9. The fraction of sp³-hybridized carbons (Fsp3) is 0.389. The Morgan fingerprint density at radius 2 is 1.13 bits per heavy atom. The molecule has 0 radical (unpaired) electrons. The van der Waals surface area contributed by atoms with Crippen LogP contribution in [-0.4, -0.2) is 9.52 Å². The molecule has 5 rings (SSSR count). The Morgan fingerprint density at radius 3 is 1.58 bits per heavy atom. The Morgan fingerprint density at radius 1 is 0.684 bits per heavy atom. The molecule has 2 heteroatoms. The SMILES string of the molecule is CC1=CC2=C(CCCC2)[C]1(C[SiH2]C(C)(C)C)[Ti]([CH2]c1ccccc1)([CH2]c1ccccc1)[CH2]c1ccccc1. The van der Waals surface area contributed by atoms with Crippen LogP contribution in [0, 0.1) is 0 Å². The molecule has 2 aliphatic rings. The summed E-state index contributed by atoms with van der Waals surface area (Å²) in [6, 6.07) is 36.2. The second-order valence-electron chi connectivity index (χ2n) is 13.3. The summed E-state index contributed by atoms with van der Waals surface area (Å²) in [6.07, 6.45) is 8.07. The Bertz CT molecular complexity index is 1170. The number of hydrogen-bond acceptors (Lipinski definition) is 0. The van der Waals surface area contributed by atoms with Crippen molar-refractivity contribution in [3.8, 4) is 0 Å². The number of hydrogen-bond donors (Lipinski definition) is 0. The van der Waals surface area contributed by atoms with Gasteiger partial charge in [-0.2, -0.15) is 0 Å². The molecular formula is C36H46SiTi. The van der Waals surface area contributed by atoms with Gasteiger partial charge >= 0.3 is 239 Å². The van der Waals surface area contributed by atoms with Crippen LogP contribution in [0.25, 0.3) is 0 Å². The van der Waals surface area contributed by atoms with Crippen LogP contribution in [0.3, 0.4) is 0 Å². The minimum atomic E-state index is -2.86. The molecule has 0 heterocycles. The monoisotopic (exact) mass is 554 g/mol. The molecule has 0 saturated carbocycles. The van der Waals surface area contributed by atoms with Gasteiger partial charge in [0.25, 0.3) is 0 Å². The normalized spacial score (nSPS) is 20.2. The van der Waals surface area contributed by atoms with Crippen LogP contribution in [0.4, 0.5) is 0 Å². The van der Waals surface area contributed by atoms with Gasteiger partial charge in [0.15, 0.2) is 0 Å². The van der Waals surface area contributed by atoms with E-state index in [2.05, 4.69) is 125 Å². The summed E-state index contributed by atoms with van der Waals surface area (Å²) in [7, 11) is -0.291. The second-order valence-corrected chi connectivity index (χ2v) is 23.4. The Balaban J connectivity index is 1.77. The molecule has 0 N–H and O–H groups in total. The van der Waals surface area contributed by atoms with Crippen molar-refractivity contribution in [2.45, 2.75) is 82.4 Å². The predicted octanol–water partition coefficient (Wildman–Crippen LogP) is 9.54. The summed E-state index contributed by atoms with van der Waals surface area (Å²) >= 11 is -2.86. The molecule has 0 amide bonds. The maximum atomic E-state index is 2.70. The molecule has 198 valence electrons. The standard InChI is InChI=1S/C15H25Si.3C7H7.Ti/c1-11-9-12-7-5-6-8-13(12)14(11)10-16-15(2,3)4;3*1-7-5-3-2-4-6-7;/h9H,5-8,10,16H2,1-4H3;3*2-6H,1H2;. The molecule has 0 aromatic heterocycles. The van der Waals surface area contributed by atoms with E-state index in [1.165, 1.54) is 45.9 Å². The third kappa shape index (κ3) is 5.81. The van der Waals surface area contributed by atoms with Crippen molar-refractivity contribution >= 4 is 9.52 Å². The zero-order valence-corrected chi connectivity index (χ0v) is 27.1. The molecule has 3 aromatic rings. The van der Waals surface area contributed by atoms with Gasteiger partial charge in [0.1, 0.15) is 0 Å². The van der Waals surface area contributed by atoms with Gasteiger partial charge in [0, 0.05) is 0 Å². The van der Waals surface area contributed by atoms with E-state index in [4.69, 9.17) is 0 Å². The van der Waals surface area contributed by atoms with Crippen LogP contribution in [0.15, 0.2) is 114 Å². The van der Waals surface area contributed by atoms with E-state index in [1.54, 1.807) is 27.8 Å². The predicted molar refractivity (Wildman–Crippen MR) is 165 cm³/mol. The Labute approximate surface area is 237 Å². The average Bonchev–Trinajstić information content (AvgIpc) is 3.21. The average molecular weight is 555 g/mol. The summed E-state index contributed by atoms with van der Waals surface area (Å²) < 4.78 is 4.21. The fourth-order valence-corrected chi connectivity index (χ4v) is 22.8. The zero-order chi connectivity index (χ0) is 26.6. The van der Waals surface area contributed by atoms with Gasteiger partial charge in [0.2, 0.25) is 0 Å². The van der Waals surface area contributed by atoms with E-state index >= 15 is 0 Å². The number of benzene rings is 3. The number of allylic oxidation sites excluding steroid dienone is 4. The van der Waals surface area contributed by atoms with Crippen LogP contribution < -0.4 is 0 Å². The van der Waals surface area contributed by atoms with Crippen LogP contribution in [0.5, 0.6) is 0 Å². The van der Waals surface area contributed by atoms with Crippen LogP contribution in [0.1, 0.15) is 70.1 Å². The van der Waals surface area contributed by atoms with Gasteiger partial charge < -0.3 is 0 Å². The Hall–Kier alpha value is -1.93. The van der Waals surface area contributed by atoms with Crippen molar-refractivity contribution in [2.75, 3.05) is 0 Å². The van der Waals surface area contributed by atoms with Crippen molar-refractivity contribution in [3.05, 3.63) is 130 Å². The summed E-state index contributed by atoms with van der Waals surface area (Å²) in [5.41, 5.74) is 10.1. The van der Waals surface area contributed by atoms with Crippen LogP contribution in [0.2, 0.25) is 14.8 Å². The quantitative estimate of drug-likeness (QED) is 0.231. The Kier molecular flexibility index (Phi) is 8.48. The van der Waals surface area contributed by atoms with Crippen molar-refractivity contribution < 1.29 is 16.6 Å². The molecule has 3 aromatic carbocycles. The third-order valence-corrected chi connectivity index (χ3v) is 22.1. The van der Waals surface area contributed by atoms with Gasteiger partial charge in [-0.1, -0.05) is 0 Å². The summed E-state index contributed by atoms with van der Waals surface area (Å²) in [6.45, 7) is 10.1. The third-order valence-electron chi connectivity index (χ3n) is 9.40. The van der Waals surface area contributed by atoms with Crippen molar-refractivity contribution in [1.82, 2.24) is 0 Å². The first kappa shape index (κ1) is 27.6. The molecule has 1 atom stereocenters. The summed E-state index contributed by atoms with van der Waals surface area (Å²) in [5, 5.41) is 0.464. The van der Waals surface area contributed by atoms with Crippen molar-refractivity contribution in [2.24, 2.45) is 0 Å². The summed E-state index contributed by atoms with van der Waals surface area (Å²) in [4.78, 5) is 0. The van der Waals surface area contributed by atoms with Gasteiger partial charge in [-0.05, 0) is 0 Å². The maximum absolute atomic E-state index is 2.86. The molecule has 0 aliphatic heterocycles. The molecule has 2 aliphatic carbocycles. The second kappa shape index (κ2) is 11.7. The minimum absolute atomic E-state index is 0.291. The van der Waals surface area contributed by atoms with Gasteiger partial charge in [-0.15, -0.1) is 0 Å². The van der Waals surface area contributed by atoms with E-state index in [1.807, 2.05) is 5.57 Å². The first-order chi connectivity index (χ1) is 18.3. The van der Waals surface area contributed by atoms with Crippen LogP contribution in [-0.2, 0) is 30.8 Å². The van der Waals surface area contributed by atoms with E-state index in [-0.39, 0.29) is 9.52 Å². The molecule has 38 heavy (non-hydrogen) atoms. The van der Waals surface area contributed by atoms with Gasteiger partial charge in [-0.25, -0.2) is 0 Å². The molecule has 0 fully saturated rings. The van der Waals surface area contributed by atoms with E-state index in [9.17, 15) is 0 Å². The molecule has 0 saturated heterocycles. The molecule has 0 bridgehead atoms. The first-order valence-corrected chi connectivity index (χ1v) is 20.6. The zero-order valence-electron chi connectivity index (χ0n) is 24.1. The van der Waals surface area contributed by atoms with Gasteiger partial charge in [0.05, 0.1) is 0 Å². The van der Waals surface area contributed by atoms with Crippen molar-refractivity contribution in [3.63, 3.8) is 0 Å². The first-order valence-electron chi connectivity index (χ1n) is 14.8. The van der Waals surface area contributed by atoms with Crippen LogP contribution >= 0.6 is 0 Å². The van der Waals surface area contributed by atoms with E-state index in [0.717, 1.165) is 0 Å². The molecule has 0 nitrogen and oxygen atoms in total. The molecule has 0 spiro atoms. The summed E-state index contributed by atoms with van der Waals surface area (Å²) in [5.74, 6) is 0. The molecule has 1 unspecified atom stereocenters. The fourth-order valence-electron chi connectivity index (χ4n) is 7.71.